The Bertz CT molecular complexity index is 338. The summed E-state index contributed by atoms with van der Waals surface area (Å²) in [6, 6.07) is 0. The van der Waals surface area contributed by atoms with E-state index in [2.05, 4.69) is 4.98 Å². The highest BCUT2D eigenvalue weighted by Gasteiger charge is 2.07. The van der Waals surface area contributed by atoms with Crippen LogP contribution in [0.25, 0.3) is 0 Å². The normalized spacial score (nSPS) is 11.8. The van der Waals surface area contributed by atoms with Gasteiger partial charge >= 0.3 is 0 Å². The zero-order valence-electron chi connectivity index (χ0n) is 6.36. The van der Waals surface area contributed by atoms with Gasteiger partial charge in [-0.15, -0.1) is 0 Å². The quantitative estimate of drug-likeness (QED) is 0.657. The van der Waals surface area contributed by atoms with Crippen molar-refractivity contribution < 1.29 is 12.8 Å². The molecule has 62 valence electrons. The van der Waals surface area contributed by atoms with Crippen molar-refractivity contribution in [1.82, 2.24) is 4.98 Å². The molecule has 0 atom stereocenters. The molecule has 0 radical (unpaired) electrons. The average Bonchev–Trinajstić information content (AvgIpc) is 2.10. The molecule has 1 aromatic heterocycles. The van der Waals surface area contributed by atoms with Gasteiger partial charge in [0.05, 0.1) is 11.4 Å². The van der Waals surface area contributed by atoms with Gasteiger partial charge in [-0.25, -0.2) is 13.4 Å². The maximum atomic E-state index is 10.7. The lowest BCUT2D eigenvalue weighted by Crippen LogP contribution is -2.00. The Balaban J connectivity index is 2.81. The molecule has 0 fully saturated rings. The highest BCUT2D eigenvalue weighted by atomic mass is 32.2. The average molecular weight is 175 g/mol. The van der Waals surface area contributed by atoms with Gasteiger partial charge in [0.25, 0.3) is 0 Å². The fourth-order valence-electron chi connectivity index (χ4n) is 0.743. The summed E-state index contributed by atoms with van der Waals surface area (Å²) in [5, 5.41) is 0. The van der Waals surface area contributed by atoms with Crippen LogP contribution in [0.3, 0.4) is 0 Å². The van der Waals surface area contributed by atoms with Gasteiger partial charge in [0, 0.05) is 13.2 Å². The maximum Gasteiger partial charge on any atom is 0.191 e. The van der Waals surface area contributed by atoms with Gasteiger partial charge in [-0.3, -0.25) is 0 Å². The second kappa shape index (κ2) is 2.65. The minimum atomic E-state index is -2.99. The smallest absolute Gasteiger partial charge is 0.191 e. The number of oxazole rings is 1. The van der Waals surface area contributed by atoms with Gasteiger partial charge in [-0.2, -0.15) is 0 Å². The largest absolute Gasteiger partial charge is 0.449 e. The van der Waals surface area contributed by atoms with Crippen LogP contribution in [0.2, 0.25) is 0 Å². The van der Waals surface area contributed by atoms with E-state index in [9.17, 15) is 8.42 Å². The van der Waals surface area contributed by atoms with Crippen LogP contribution < -0.4 is 0 Å². The van der Waals surface area contributed by atoms with Crippen molar-refractivity contribution in [3.05, 3.63) is 17.8 Å². The molecule has 0 N–H and O–H groups in total. The molecule has 0 aliphatic heterocycles. The molecule has 0 aliphatic rings. The molecule has 0 amide bonds. The zero-order valence-corrected chi connectivity index (χ0v) is 7.18. The number of aryl methyl sites for hydroxylation is 1. The molecule has 1 heterocycles. The van der Waals surface area contributed by atoms with Crippen LogP contribution in [0.5, 0.6) is 0 Å². The number of nitrogens with zero attached hydrogens (tertiary/aromatic N) is 1. The first-order valence-electron chi connectivity index (χ1n) is 3.06. The summed E-state index contributed by atoms with van der Waals surface area (Å²) in [6.45, 7) is 1.67. The molecule has 4 nitrogen and oxygen atoms in total. The molecule has 0 aliphatic carbocycles. The highest BCUT2D eigenvalue weighted by molar-refractivity contribution is 7.89. The van der Waals surface area contributed by atoms with Crippen molar-refractivity contribution in [3.63, 3.8) is 0 Å². The van der Waals surface area contributed by atoms with E-state index in [1.165, 1.54) is 6.26 Å². The van der Waals surface area contributed by atoms with Crippen molar-refractivity contribution >= 4 is 9.84 Å². The minimum absolute atomic E-state index is 0.0513. The van der Waals surface area contributed by atoms with E-state index < -0.39 is 9.84 Å². The molecule has 0 spiro atoms. The number of rotatable bonds is 2. The van der Waals surface area contributed by atoms with E-state index >= 15 is 0 Å². The summed E-state index contributed by atoms with van der Waals surface area (Å²) in [5.74, 6) is 0.438. The second-order valence-corrected chi connectivity index (χ2v) is 4.57. The van der Waals surface area contributed by atoms with Crippen LogP contribution in [0.4, 0.5) is 0 Å². The van der Waals surface area contributed by atoms with E-state index in [4.69, 9.17) is 4.42 Å². The van der Waals surface area contributed by atoms with E-state index in [1.54, 1.807) is 6.92 Å². The fourth-order valence-corrected chi connectivity index (χ4v) is 1.41. The zero-order chi connectivity index (χ0) is 8.48. The van der Waals surface area contributed by atoms with E-state index in [1.807, 2.05) is 0 Å². The Morgan fingerprint density at radius 1 is 1.64 bits per heavy atom. The van der Waals surface area contributed by atoms with E-state index in [-0.39, 0.29) is 5.75 Å². The van der Waals surface area contributed by atoms with Gasteiger partial charge < -0.3 is 4.42 Å². The summed E-state index contributed by atoms with van der Waals surface area (Å²) in [5.41, 5.74) is 0.463. The SMILES string of the molecule is Cc1nc(CS(C)(=O)=O)co1. The second-order valence-electron chi connectivity index (χ2n) is 2.43. The molecule has 0 bridgehead atoms. The topological polar surface area (TPSA) is 60.2 Å². The summed E-state index contributed by atoms with van der Waals surface area (Å²) >= 11 is 0. The molecule has 1 rings (SSSR count). The third-order valence-corrected chi connectivity index (χ3v) is 1.90. The van der Waals surface area contributed by atoms with E-state index in [0.717, 1.165) is 6.26 Å². The van der Waals surface area contributed by atoms with Crippen molar-refractivity contribution in [2.75, 3.05) is 6.26 Å². The van der Waals surface area contributed by atoms with Gasteiger partial charge in [0.15, 0.2) is 15.7 Å². The molecular formula is C6H9NO3S. The lowest BCUT2D eigenvalue weighted by atomic mass is 10.6. The first kappa shape index (κ1) is 8.26. The minimum Gasteiger partial charge on any atom is -0.449 e. The monoisotopic (exact) mass is 175 g/mol. The van der Waals surface area contributed by atoms with Crippen molar-refractivity contribution in [2.45, 2.75) is 12.7 Å². The van der Waals surface area contributed by atoms with Crippen molar-refractivity contribution in [2.24, 2.45) is 0 Å². The fraction of sp³-hybridized carbons (Fsp3) is 0.500. The molecule has 5 heteroatoms. The Labute approximate surface area is 65.2 Å². The standard InChI is InChI=1S/C6H9NO3S/c1-5-7-6(3-10-5)4-11(2,8)9/h3H,4H2,1-2H3. The van der Waals surface area contributed by atoms with Crippen LogP contribution in [-0.4, -0.2) is 19.7 Å². The summed E-state index contributed by atoms with van der Waals surface area (Å²) < 4.78 is 26.3. The third-order valence-electron chi connectivity index (χ3n) is 1.08. The molecule has 11 heavy (non-hydrogen) atoms. The maximum absolute atomic E-state index is 10.7. The van der Waals surface area contributed by atoms with Crippen LogP contribution in [-0.2, 0) is 15.6 Å². The first-order valence-corrected chi connectivity index (χ1v) is 5.12. The number of hydrogen-bond donors (Lipinski definition) is 0. The van der Waals surface area contributed by atoms with Crippen LogP contribution >= 0.6 is 0 Å². The predicted molar refractivity (Wildman–Crippen MR) is 39.8 cm³/mol. The molecule has 0 aromatic carbocycles. The summed E-state index contributed by atoms with van der Waals surface area (Å²) in [4.78, 5) is 3.85. The molecule has 1 aromatic rings. The Hall–Kier alpha value is -0.840. The Morgan fingerprint density at radius 3 is 2.64 bits per heavy atom. The summed E-state index contributed by atoms with van der Waals surface area (Å²) in [7, 11) is -2.99. The highest BCUT2D eigenvalue weighted by Crippen LogP contribution is 2.03. The van der Waals surface area contributed by atoms with Crippen LogP contribution in [0, 0.1) is 6.92 Å². The van der Waals surface area contributed by atoms with Gasteiger partial charge in [0.1, 0.15) is 6.26 Å². The lowest BCUT2D eigenvalue weighted by Gasteiger charge is -1.89. The van der Waals surface area contributed by atoms with Gasteiger partial charge in [-0.1, -0.05) is 0 Å². The molecule has 0 saturated carbocycles. The first-order chi connectivity index (χ1) is 4.97. The molecule has 0 saturated heterocycles. The van der Waals surface area contributed by atoms with Gasteiger partial charge in [-0.05, 0) is 0 Å². The van der Waals surface area contributed by atoms with Crippen molar-refractivity contribution in [1.29, 1.82) is 0 Å². The molecular weight excluding hydrogens is 166 g/mol. The number of aromatic nitrogens is 1. The number of sulfone groups is 1. The number of hydrogen-bond acceptors (Lipinski definition) is 4. The Morgan fingerprint density at radius 2 is 2.27 bits per heavy atom. The van der Waals surface area contributed by atoms with Gasteiger partial charge in [0.2, 0.25) is 0 Å². The Kier molecular flexibility index (Phi) is 1.99. The lowest BCUT2D eigenvalue weighted by molar-refractivity contribution is 0.520. The van der Waals surface area contributed by atoms with Crippen LogP contribution in [0.1, 0.15) is 11.6 Å². The van der Waals surface area contributed by atoms with E-state index in [0.29, 0.717) is 11.6 Å². The van der Waals surface area contributed by atoms with Crippen molar-refractivity contribution in [3.8, 4) is 0 Å². The predicted octanol–water partition coefficient (Wildman–Crippen LogP) is 0.528. The van der Waals surface area contributed by atoms with Crippen LogP contribution in [0.15, 0.2) is 10.7 Å². The third kappa shape index (κ3) is 2.71. The molecule has 0 unspecified atom stereocenters. The summed E-state index contributed by atoms with van der Waals surface area (Å²) in [6.07, 6.45) is 2.52.